The Balaban J connectivity index is 1.83. The molecule has 1 aromatic rings. The first-order chi connectivity index (χ1) is 10.2. The number of aliphatic carboxylic acids is 1. The lowest BCUT2D eigenvalue weighted by molar-refractivity contribution is -0.151. The molecule has 0 radical (unpaired) electrons. The lowest BCUT2D eigenvalue weighted by Crippen LogP contribution is -2.43. The van der Waals surface area contributed by atoms with E-state index >= 15 is 0 Å². The first-order valence-corrected chi connectivity index (χ1v) is 7.43. The zero-order valence-corrected chi connectivity index (χ0v) is 11.9. The van der Waals surface area contributed by atoms with Gasteiger partial charge in [-0.15, -0.1) is 0 Å². The van der Waals surface area contributed by atoms with Crippen LogP contribution in [0.4, 0.5) is 0 Å². The summed E-state index contributed by atoms with van der Waals surface area (Å²) in [6, 6.07) is 6.68. The van der Waals surface area contributed by atoms with Crippen molar-refractivity contribution in [2.45, 2.75) is 31.7 Å². The molecule has 4 nitrogen and oxygen atoms in total. The van der Waals surface area contributed by atoms with Crippen LogP contribution in [0, 0.1) is 5.92 Å². The quantitative estimate of drug-likeness (QED) is 0.868. The highest BCUT2D eigenvalue weighted by Gasteiger charge is 2.36. The third kappa shape index (κ3) is 2.71. The standard InChI is InChI=1S/C17H19NO3/c19-15(11-12-5-1-2-6-12)18-10-9-13-7-3-4-8-14(13)16(18)17(20)21/h1,3-5,7-8,12,16H,2,6,9-11H2,(H,20,21). The number of nitrogens with zero attached hydrogens (tertiary/aromatic N) is 1. The Morgan fingerprint density at radius 2 is 2.10 bits per heavy atom. The van der Waals surface area contributed by atoms with Gasteiger partial charge in [-0.2, -0.15) is 0 Å². The number of carbonyl (C=O) groups is 2. The van der Waals surface area contributed by atoms with Crippen LogP contribution in [0.1, 0.15) is 36.4 Å². The number of allylic oxidation sites excluding steroid dienone is 2. The summed E-state index contributed by atoms with van der Waals surface area (Å²) in [5.74, 6) is -0.727. The van der Waals surface area contributed by atoms with Crippen molar-refractivity contribution < 1.29 is 14.7 Å². The molecule has 2 aliphatic rings. The summed E-state index contributed by atoms with van der Waals surface area (Å²) < 4.78 is 0. The highest BCUT2D eigenvalue weighted by atomic mass is 16.4. The fraction of sp³-hybridized carbons (Fsp3) is 0.412. The molecular weight excluding hydrogens is 266 g/mol. The van der Waals surface area contributed by atoms with Crippen molar-refractivity contribution in [2.24, 2.45) is 5.92 Å². The first-order valence-electron chi connectivity index (χ1n) is 7.43. The van der Waals surface area contributed by atoms with Crippen LogP contribution in [0.2, 0.25) is 0 Å². The Morgan fingerprint density at radius 1 is 1.29 bits per heavy atom. The molecule has 1 heterocycles. The minimum absolute atomic E-state index is 0.0477. The lowest BCUT2D eigenvalue weighted by Gasteiger charge is -2.35. The summed E-state index contributed by atoms with van der Waals surface area (Å²) in [5, 5.41) is 9.56. The molecular formula is C17H19NO3. The first kappa shape index (κ1) is 13.9. The molecule has 110 valence electrons. The minimum Gasteiger partial charge on any atom is -0.479 e. The zero-order chi connectivity index (χ0) is 14.8. The SMILES string of the molecule is O=C(O)C1c2ccccc2CCN1C(=O)CC1C=CCC1. The van der Waals surface area contributed by atoms with Gasteiger partial charge in [0.05, 0.1) is 0 Å². The highest BCUT2D eigenvalue weighted by molar-refractivity contribution is 5.85. The van der Waals surface area contributed by atoms with E-state index < -0.39 is 12.0 Å². The van der Waals surface area contributed by atoms with E-state index in [1.54, 1.807) is 0 Å². The van der Waals surface area contributed by atoms with Crippen LogP contribution in [-0.4, -0.2) is 28.4 Å². The number of carboxylic acids is 1. The predicted octanol–water partition coefficient (Wildman–Crippen LogP) is 2.55. The molecule has 4 heteroatoms. The Kier molecular flexibility index (Phi) is 3.78. The largest absolute Gasteiger partial charge is 0.479 e. The second-order valence-corrected chi connectivity index (χ2v) is 5.75. The number of carbonyl (C=O) groups excluding carboxylic acids is 1. The van der Waals surface area contributed by atoms with Gasteiger partial charge in [0, 0.05) is 13.0 Å². The molecule has 0 saturated carbocycles. The van der Waals surface area contributed by atoms with Gasteiger partial charge < -0.3 is 10.0 Å². The summed E-state index contributed by atoms with van der Waals surface area (Å²) in [6.07, 6.45) is 7.33. The van der Waals surface area contributed by atoms with Gasteiger partial charge in [-0.25, -0.2) is 4.79 Å². The molecule has 1 amide bonds. The van der Waals surface area contributed by atoms with E-state index in [2.05, 4.69) is 12.2 Å². The summed E-state index contributed by atoms with van der Waals surface area (Å²) in [4.78, 5) is 25.7. The average molecular weight is 285 g/mol. The summed E-state index contributed by atoms with van der Waals surface area (Å²) >= 11 is 0. The van der Waals surface area contributed by atoms with Crippen LogP contribution in [0.3, 0.4) is 0 Å². The lowest BCUT2D eigenvalue weighted by atomic mass is 9.91. The fourth-order valence-electron chi connectivity index (χ4n) is 3.31. The number of rotatable bonds is 3. The molecule has 0 spiro atoms. The van der Waals surface area contributed by atoms with Crippen LogP contribution in [0.5, 0.6) is 0 Å². The predicted molar refractivity (Wildman–Crippen MR) is 78.7 cm³/mol. The second kappa shape index (κ2) is 5.72. The molecule has 21 heavy (non-hydrogen) atoms. The highest BCUT2D eigenvalue weighted by Crippen LogP contribution is 2.32. The van der Waals surface area contributed by atoms with Crippen LogP contribution in [-0.2, 0) is 16.0 Å². The van der Waals surface area contributed by atoms with Crippen molar-refractivity contribution in [3.63, 3.8) is 0 Å². The Labute approximate surface area is 124 Å². The van der Waals surface area contributed by atoms with Gasteiger partial charge in [0.15, 0.2) is 6.04 Å². The molecule has 0 aromatic heterocycles. The molecule has 3 rings (SSSR count). The van der Waals surface area contributed by atoms with Crippen molar-refractivity contribution in [2.75, 3.05) is 6.54 Å². The second-order valence-electron chi connectivity index (χ2n) is 5.75. The number of hydrogen-bond donors (Lipinski definition) is 1. The van der Waals surface area contributed by atoms with E-state index in [9.17, 15) is 14.7 Å². The third-order valence-corrected chi connectivity index (χ3v) is 4.39. The molecule has 0 bridgehead atoms. The summed E-state index contributed by atoms with van der Waals surface area (Å²) in [6.45, 7) is 0.489. The van der Waals surface area contributed by atoms with Gasteiger partial charge in [0.1, 0.15) is 0 Å². The van der Waals surface area contributed by atoms with E-state index in [1.807, 2.05) is 24.3 Å². The molecule has 2 atom stereocenters. The van der Waals surface area contributed by atoms with E-state index in [0.717, 1.165) is 30.4 Å². The average Bonchev–Trinajstić information content (AvgIpc) is 2.98. The number of fused-ring (bicyclic) bond motifs is 1. The maximum absolute atomic E-state index is 12.5. The summed E-state index contributed by atoms with van der Waals surface area (Å²) in [5.41, 5.74) is 1.79. The van der Waals surface area contributed by atoms with E-state index in [-0.39, 0.29) is 11.8 Å². The Hall–Kier alpha value is -2.10. The third-order valence-electron chi connectivity index (χ3n) is 4.39. The normalized spacial score (nSPS) is 23.9. The van der Waals surface area contributed by atoms with Crippen molar-refractivity contribution in [1.82, 2.24) is 4.90 Å². The van der Waals surface area contributed by atoms with Gasteiger partial charge in [0.2, 0.25) is 5.91 Å². The van der Waals surface area contributed by atoms with E-state index in [1.165, 1.54) is 4.90 Å². The molecule has 0 fully saturated rings. The molecule has 2 unspecified atom stereocenters. The van der Waals surface area contributed by atoms with Gasteiger partial charge in [0.25, 0.3) is 0 Å². The van der Waals surface area contributed by atoms with Crippen LogP contribution < -0.4 is 0 Å². The van der Waals surface area contributed by atoms with Gasteiger partial charge in [-0.3, -0.25) is 4.79 Å². The van der Waals surface area contributed by atoms with Crippen molar-refractivity contribution >= 4 is 11.9 Å². The maximum atomic E-state index is 12.5. The van der Waals surface area contributed by atoms with E-state index in [0.29, 0.717) is 13.0 Å². The van der Waals surface area contributed by atoms with Gasteiger partial charge in [-0.1, -0.05) is 36.4 Å². The Bertz CT molecular complexity index is 593. The number of benzene rings is 1. The molecule has 1 aliphatic heterocycles. The van der Waals surface area contributed by atoms with Gasteiger partial charge >= 0.3 is 5.97 Å². The van der Waals surface area contributed by atoms with Crippen molar-refractivity contribution in [3.05, 3.63) is 47.5 Å². The molecule has 0 saturated heterocycles. The Morgan fingerprint density at radius 3 is 2.81 bits per heavy atom. The smallest absolute Gasteiger partial charge is 0.331 e. The van der Waals surface area contributed by atoms with Crippen LogP contribution >= 0.6 is 0 Å². The number of amides is 1. The molecule has 1 aliphatic carbocycles. The van der Waals surface area contributed by atoms with Crippen LogP contribution in [0.25, 0.3) is 0 Å². The zero-order valence-electron chi connectivity index (χ0n) is 11.9. The van der Waals surface area contributed by atoms with Crippen molar-refractivity contribution in [1.29, 1.82) is 0 Å². The number of carboxylic acid groups (broad SMARTS) is 1. The molecule has 1 N–H and O–H groups in total. The topological polar surface area (TPSA) is 57.6 Å². The maximum Gasteiger partial charge on any atom is 0.331 e. The monoisotopic (exact) mass is 285 g/mol. The van der Waals surface area contributed by atoms with Gasteiger partial charge in [-0.05, 0) is 36.3 Å². The summed E-state index contributed by atoms with van der Waals surface area (Å²) in [7, 11) is 0. The molecule has 1 aromatic carbocycles. The number of hydrogen-bond acceptors (Lipinski definition) is 2. The van der Waals surface area contributed by atoms with Crippen molar-refractivity contribution in [3.8, 4) is 0 Å². The minimum atomic E-state index is -0.947. The van der Waals surface area contributed by atoms with Crippen LogP contribution in [0.15, 0.2) is 36.4 Å². The fourth-order valence-corrected chi connectivity index (χ4v) is 3.31. The van der Waals surface area contributed by atoms with E-state index in [4.69, 9.17) is 0 Å².